The van der Waals surface area contributed by atoms with Crippen LogP contribution in [0.1, 0.15) is 5.56 Å². The van der Waals surface area contributed by atoms with Crippen LogP contribution in [0.15, 0.2) is 42.5 Å². The minimum atomic E-state index is 0. The molecule has 0 saturated heterocycles. The molecule has 1 unspecified atom stereocenters. The molecular formula is C15H15Cl2NO. The van der Waals surface area contributed by atoms with Gasteiger partial charge in [0.2, 0.25) is 0 Å². The SMILES string of the molecule is Cl.NCC1Cc2cc(Cl)cc(-c3ccccc3)c2O1. The molecule has 2 aromatic rings. The Morgan fingerprint density at radius 1 is 1.21 bits per heavy atom. The van der Waals surface area contributed by atoms with E-state index in [2.05, 4.69) is 12.1 Å². The lowest BCUT2D eigenvalue weighted by Crippen LogP contribution is -2.24. The van der Waals surface area contributed by atoms with Gasteiger partial charge in [-0.3, -0.25) is 0 Å². The van der Waals surface area contributed by atoms with Gasteiger partial charge in [-0.05, 0) is 23.3 Å². The summed E-state index contributed by atoms with van der Waals surface area (Å²) in [7, 11) is 0. The van der Waals surface area contributed by atoms with Crippen molar-refractivity contribution in [2.24, 2.45) is 5.73 Å². The molecular weight excluding hydrogens is 281 g/mol. The van der Waals surface area contributed by atoms with E-state index in [0.29, 0.717) is 6.54 Å². The van der Waals surface area contributed by atoms with Gasteiger partial charge < -0.3 is 10.5 Å². The third-order valence-corrected chi connectivity index (χ3v) is 3.43. The first-order valence-corrected chi connectivity index (χ1v) is 6.40. The summed E-state index contributed by atoms with van der Waals surface area (Å²) in [6.07, 6.45) is 0.910. The first-order chi connectivity index (χ1) is 8.78. The highest BCUT2D eigenvalue weighted by Crippen LogP contribution is 2.40. The molecule has 0 saturated carbocycles. The van der Waals surface area contributed by atoms with Crippen LogP contribution >= 0.6 is 24.0 Å². The molecule has 2 nitrogen and oxygen atoms in total. The van der Waals surface area contributed by atoms with Crippen LogP contribution in [-0.4, -0.2) is 12.6 Å². The topological polar surface area (TPSA) is 35.2 Å². The van der Waals surface area contributed by atoms with Crippen LogP contribution in [0.2, 0.25) is 5.02 Å². The monoisotopic (exact) mass is 295 g/mol. The molecule has 4 heteroatoms. The zero-order chi connectivity index (χ0) is 12.5. The van der Waals surface area contributed by atoms with Crippen LogP contribution in [0.5, 0.6) is 5.75 Å². The van der Waals surface area contributed by atoms with Crippen LogP contribution < -0.4 is 10.5 Å². The molecule has 0 spiro atoms. The van der Waals surface area contributed by atoms with E-state index in [4.69, 9.17) is 22.1 Å². The van der Waals surface area contributed by atoms with Crippen molar-refractivity contribution in [2.45, 2.75) is 12.5 Å². The number of rotatable bonds is 2. The lowest BCUT2D eigenvalue weighted by atomic mass is 10.0. The van der Waals surface area contributed by atoms with E-state index in [1.165, 1.54) is 0 Å². The molecule has 0 aromatic heterocycles. The summed E-state index contributed by atoms with van der Waals surface area (Å²) < 4.78 is 5.91. The predicted octanol–water partition coefficient (Wildman–Crippen LogP) is 3.69. The van der Waals surface area contributed by atoms with E-state index in [-0.39, 0.29) is 18.5 Å². The fraction of sp³-hybridized carbons (Fsp3) is 0.200. The molecule has 100 valence electrons. The summed E-state index contributed by atoms with van der Waals surface area (Å²) in [6.45, 7) is 0.528. The van der Waals surface area contributed by atoms with Crippen LogP contribution in [0.25, 0.3) is 11.1 Å². The number of nitrogens with two attached hydrogens (primary N) is 1. The predicted molar refractivity (Wildman–Crippen MR) is 81.3 cm³/mol. The molecule has 0 radical (unpaired) electrons. The second-order valence-electron chi connectivity index (χ2n) is 4.49. The largest absolute Gasteiger partial charge is 0.488 e. The summed E-state index contributed by atoms with van der Waals surface area (Å²) in [5, 5.41) is 0.744. The van der Waals surface area contributed by atoms with Gasteiger partial charge in [0.05, 0.1) is 0 Å². The quantitative estimate of drug-likeness (QED) is 0.917. The van der Waals surface area contributed by atoms with Crippen molar-refractivity contribution in [3.05, 3.63) is 53.1 Å². The summed E-state index contributed by atoms with van der Waals surface area (Å²) in [4.78, 5) is 0. The minimum Gasteiger partial charge on any atom is -0.488 e. The lowest BCUT2D eigenvalue weighted by molar-refractivity contribution is 0.242. The van der Waals surface area contributed by atoms with Crippen molar-refractivity contribution in [3.8, 4) is 16.9 Å². The molecule has 0 amide bonds. The third-order valence-electron chi connectivity index (χ3n) is 3.21. The van der Waals surface area contributed by atoms with Gasteiger partial charge in [-0.1, -0.05) is 41.9 Å². The Balaban J connectivity index is 0.00000133. The molecule has 1 aliphatic rings. The molecule has 2 N–H and O–H groups in total. The molecule has 0 bridgehead atoms. The fourth-order valence-corrected chi connectivity index (χ4v) is 2.60. The van der Waals surface area contributed by atoms with Crippen molar-refractivity contribution < 1.29 is 4.74 Å². The molecule has 2 aromatic carbocycles. The molecule has 3 rings (SSSR count). The number of halogens is 2. The van der Waals surface area contributed by atoms with Gasteiger partial charge in [-0.25, -0.2) is 0 Å². The maximum atomic E-state index is 6.18. The van der Waals surface area contributed by atoms with Gasteiger partial charge in [0.1, 0.15) is 11.9 Å². The molecule has 19 heavy (non-hydrogen) atoms. The lowest BCUT2D eigenvalue weighted by Gasteiger charge is -2.11. The number of ether oxygens (including phenoxy) is 1. The minimum absolute atomic E-state index is 0. The van der Waals surface area contributed by atoms with Crippen molar-refractivity contribution in [3.63, 3.8) is 0 Å². The Bertz CT molecular complexity index is 572. The second-order valence-corrected chi connectivity index (χ2v) is 4.92. The van der Waals surface area contributed by atoms with Crippen molar-refractivity contribution in [2.75, 3.05) is 6.54 Å². The van der Waals surface area contributed by atoms with Gasteiger partial charge in [-0.15, -0.1) is 12.4 Å². The summed E-state index contributed by atoms with van der Waals surface area (Å²) in [6, 6.07) is 14.1. The highest BCUT2D eigenvalue weighted by atomic mass is 35.5. The Morgan fingerprint density at radius 3 is 2.63 bits per heavy atom. The van der Waals surface area contributed by atoms with Gasteiger partial charge >= 0.3 is 0 Å². The first kappa shape index (κ1) is 14.2. The Hall–Kier alpha value is -1.22. The number of hydrogen-bond donors (Lipinski definition) is 1. The number of fused-ring (bicyclic) bond motifs is 1. The van der Waals surface area contributed by atoms with Crippen LogP contribution in [-0.2, 0) is 6.42 Å². The van der Waals surface area contributed by atoms with Gasteiger partial charge in [0, 0.05) is 23.6 Å². The van der Waals surface area contributed by atoms with Crippen LogP contribution in [0.4, 0.5) is 0 Å². The zero-order valence-corrected chi connectivity index (χ0v) is 11.9. The van der Waals surface area contributed by atoms with E-state index in [9.17, 15) is 0 Å². The smallest absolute Gasteiger partial charge is 0.131 e. The van der Waals surface area contributed by atoms with Gasteiger partial charge in [-0.2, -0.15) is 0 Å². The van der Waals surface area contributed by atoms with E-state index < -0.39 is 0 Å². The summed E-state index contributed by atoms with van der Waals surface area (Å²) in [5.74, 6) is 0.932. The summed E-state index contributed by atoms with van der Waals surface area (Å²) in [5.41, 5.74) is 9.00. The standard InChI is InChI=1S/C15H14ClNO.ClH/c16-12-6-11-7-13(9-17)18-15(11)14(8-12)10-4-2-1-3-5-10;/h1-6,8,13H,7,9,17H2;1H. The zero-order valence-electron chi connectivity index (χ0n) is 10.3. The molecule has 0 aliphatic carbocycles. The molecule has 1 atom stereocenters. The Labute approximate surface area is 123 Å². The molecule has 1 heterocycles. The van der Waals surface area contributed by atoms with E-state index in [1.54, 1.807) is 0 Å². The number of hydrogen-bond acceptors (Lipinski definition) is 2. The molecule has 0 fully saturated rings. The van der Waals surface area contributed by atoms with Crippen LogP contribution in [0.3, 0.4) is 0 Å². The summed E-state index contributed by atoms with van der Waals surface area (Å²) >= 11 is 6.18. The normalized spacial score (nSPS) is 16.4. The highest BCUT2D eigenvalue weighted by molar-refractivity contribution is 6.31. The number of benzene rings is 2. The average Bonchev–Trinajstić information content (AvgIpc) is 2.81. The Kier molecular flexibility index (Phi) is 4.35. The fourth-order valence-electron chi connectivity index (χ4n) is 2.36. The van der Waals surface area contributed by atoms with Gasteiger partial charge in [0.15, 0.2) is 0 Å². The van der Waals surface area contributed by atoms with Crippen LogP contribution in [0, 0.1) is 0 Å². The maximum absolute atomic E-state index is 6.18. The molecule has 1 aliphatic heterocycles. The highest BCUT2D eigenvalue weighted by Gasteiger charge is 2.25. The van der Waals surface area contributed by atoms with E-state index in [1.807, 2.05) is 30.3 Å². The van der Waals surface area contributed by atoms with E-state index in [0.717, 1.165) is 33.9 Å². The third kappa shape index (κ3) is 2.71. The Morgan fingerprint density at radius 2 is 1.95 bits per heavy atom. The first-order valence-electron chi connectivity index (χ1n) is 6.02. The van der Waals surface area contributed by atoms with Crippen molar-refractivity contribution >= 4 is 24.0 Å². The van der Waals surface area contributed by atoms with E-state index >= 15 is 0 Å². The van der Waals surface area contributed by atoms with Crippen molar-refractivity contribution in [1.82, 2.24) is 0 Å². The second kappa shape index (κ2) is 5.83. The average molecular weight is 296 g/mol. The maximum Gasteiger partial charge on any atom is 0.131 e. The van der Waals surface area contributed by atoms with Gasteiger partial charge in [0.25, 0.3) is 0 Å². The van der Waals surface area contributed by atoms with Crippen molar-refractivity contribution in [1.29, 1.82) is 0 Å².